The molecule has 21 aromatic rings. The maximum absolute atomic E-state index is 6.70. The fraction of sp³-hybridized carbons (Fsp3) is 0. The molecule has 0 bridgehead atoms. The summed E-state index contributed by atoms with van der Waals surface area (Å²) in [5, 5.41) is 6.76. The molecular weight excluding hydrogens is 1450 g/mol. The van der Waals surface area contributed by atoms with Gasteiger partial charge in [0.05, 0.1) is 0 Å². The van der Waals surface area contributed by atoms with Crippen LogP contribution in [0.2, 0.25) is 0 Å². The first-order chi connectivity index (χ1) is 59.5. The van der Waals surface area contributed by atoms with Gasteiger partial charge in [-0.2, -0.15) is 0 Å². The number of fused-ring (bicyclic) bond motifs is 7. The standard InChI is InChI=1S/C116H78N2O2/c1-9-27-84(28-10-1)101-72-71-99(106-46-26-45-100(116(101)106)86-57-51-79(52-58-86)47-49-81-55-67-102-104-69-65-97(76-111(104)119-109(102)73-81)117(93-37-17-5-18-38-93)94-39-19-6-20-40-94)92-36-25-35-91(75-92)83-61-63-90(64-62-83)115-113(88-31-13-3-14-32-88)107(85-29-11-2-12-30-85)78-108(114(115)89-33-15-4-16-34-89)87-59-53-80(54-60-87)48-50-82-56-68-103-105-70-66-98(77-112(105)120-110(103)74-82)118(95-41-21-7-22-42-95)96-43-23-8-24-44-96/h1-78H. The van der Waals surface area contributed by atoms with Gasteiger partial charge in [-0.05, 0) is 242 Å². The van der Waals surface area contributed by atoms with Crippen molar-refractivity contribution >= 4 is 113 Å². The van der Waals surface area contributed by atoms with Gasteiger partial charge in [0.15, 0.2) is 0 Å². The van der Waals surface area contributed by atoms with Crippen molar-refractivity contribution in [2.45, 2.75) is 0 Å². The zero-order valence-electron chi connectivity index (χ0n) is 65.7. The molecule has 0 fully saturated rings. The summed E-state index contributed by atoms with van der Waals surface area (Å²) in [6.45, 7) is 0. The van der Waals surface area contributed by atoms with Gasteiger partial charge >= 0.3 is 0 Å². The van der Waals surface area contributed by atoms with E-state index in [0.29, 0.717) is 0 Å². The highest BCUT2D eigenvalue weighted by molar-refractivity contribution is 6.14. The Labute approximate surface area is 698 Å². The molecule has 0 aliphatic heterocycles. The summed E-state index contributed by atoms with van der Waals surface area (Å²) in [4.78, 5) is 4.54. The van der Waals surface area contributed by atoms with Crippen LogP contribution in [0.4, 0.5) is 34.1 Å². The van der Waals surface area contributed by atoms with E-state index in [1.54, 1.807) is 0 Å². The predicted molar refractivity (Wildman–Crippen MR) is 508 cm³/mol. The normalized spacial score (nSPS) is 11.6. The van der Waals surface area contributed by atoms with Crippen molar-refractivity contribution in [2.75, 3.05) is 9.80 Å². The summed E-state index contributed by atoms with van der Waals surface area (Å²) in [5.41, 5.74) is 34.9. The van der Waals surface area contributed by atoms with Crippen LogP contribution < -0.4 is 9.80 Å². The molecule has 0 saturated heterocycles. The van der Waals surface area contributed by atoms with Crippen molar-refractivity contribution in [1.29, 1.82) is 0 Å². The van der Waals surface area contributed by atoms with Gasteiger partial charge in [0.25, 0.3) is 0 Å². The van der Waals surface area contributed by atoms with E-state index < -0.39 is 0 Å². The summed E-state index contributed by atoms with van der Waals surface area (Å²) in [5.74, 6) is 0. The Hall–Kier alpha value is -15.9. The molecule has 4 heteroatoms. The molecule has 0 aliphatic carbocycles. The lowest BCUT2D eigenvalue weighted by atomic mass is 9.78. The zero-order chi connectivity index (χ0) is 79.7. The average molecular weight is 1530 g/mol. The van der Waals surface area contributed by atoms with Crippen LogP contribution in [0.1, 0.15) is 22.3 Å². The molecule has 2 aromatic heterocycles. The third-order valence-electron chi connectivity index (χ3n) is 23.3. The van der Waals surface area contributed by atoms with E-state index in [0.717, 1.165) is 161 Å². The monoisotopic (exact) mass is 1530 g/mol. The Balaban J connectivity index is 0.594. The number of para-hydroxylation sites is 4. The van der Waals surface area contributed by atoms with E-state index in [9.17, 15) is 0 Å². The second-order valence-electron chi connectivity index (χ2n) is 30.6. The molecule has 2 heterocycles. The van der Waals surface area contributed by atoms with Crippen molar-refractivity contribution in [3.05, 3.63) is 471 Å². The van der Waals surface area contributed by atoms with Crippen molar-refractivity contribution in [2.24, 2.45) is 0 Å². The summed E-state index contributed by atoms with van der Waals surface area (Å²) < 4.78 is 13.4. The third-order valence-corrected chi connectivity index (χ3v) is 23.3. The average Bonchev–Trinajstić information content (AvgIpc) is 0.920. The molecule has 4 nitrogen and oxygen atoms in total. The molecule has 0 saturated carbocycles. The number of benzene rings is 19. The Bertz CT molecular complexity index is 7290. The highest BCUT2D eigenvalue weighted by Crippen LogP contribution is 2.52. The SMILES string of the molecule is C(=Cc1ccc2c(c1)oc1cc(N(c3ccccc3)c3ccccc3)ccc12)c1ccc(-c2cc(-c3ccccc3)c(-c3ccccc3)c(-c3ccc(-c4cccc(-c5ccc(-c6ccccc6)c6c(-c7ccc(C=Cc8ccc9c(c8)oc8cc(N(c%10ccccc%10)c%10ccccc%10)ccc89)cc7)cccc56)c4)cc3)c2-c2ccccc2)cc1. The van der Waals surface area contributed by atoms with E-state index in [2.05, 4.69) is 483 Å². The van der Waals surface area contributed by atoms with Crippen LogP contribution in [0.3, 0.4) is 0 Å². The maximum atomic E-state index is 6.70. The molecule has 0 amide bonds. The number of hydrogen-bond acceptors (Lipinski definition) is 4. The van der Waals surface area contributed by atoms with Gasteiger partial charge in [-0.15, -0.1) is 0 Å². The van der Waals surface area contributed by atoms with Gasteiger partial charge in [-0.3, -0.25) is 0 Å². The molecule has 0 spiro atoms. The van der Waals surface area contributed by atoms with E-state index in [1.807, 2.05) is 0 Å². The highest BCUT2D eigenvalue weighted by atomic mass is 16.3. The van der Waals surface area contributed by atoms with Crippen molar-refractivity contribution in [3.8, 4) is 100 Å². The van der Waals surface area contributed by atoms with E-state index in [4.69, 9.17) is 8.83 Å². The number of furan rings is 2. The summed E-state index contributed by atoms with van der Waals surface area (Å²) in [6.07, 6.45) is 8.75. The fourth-order valence-electron chi connectivity index (χ4n) is 17.5. The van der Waals surface area contributed by atoms with Gasteiger partial charge in [0.2, 0.25) is 0 Å². The number of nitrogens with zero attached hydrogens (tertiary/aromatic N) is 2. The van der Waals surface area contributed by atoms with Crippen LogP contribution in [0, 0.1) is 0 Å². The van der Waals surface area contributed by atoms with Gasteiger partial charge in [0.1, 0.15) is 22.3 Å². The topological polar surface area (TPSA) is 32.8 Å². The number of hydrogen-bond donors (Lipinski definition) is 0. The Morgan fingerprint density at radius 3 is 0.917 bits per heavy atom. The molecule has 19 aromatic carbocycles. The zero-order valence-corrected chi connectivity index (χ0v) is 65.7. The van der Waals surface area contributed by atoms with Crippen molar-refractivity contribution in [3.63, 3.8) is 0 Å². The molecule has 0 atom stereocenters. The molecular formula is C116H78N2O2. The lowest BCUT2D eigenvalue weighted by Crippen LogP contribution is -2.09. The molecule has 564 valence electrons. The van der Waals surface area contributed by atoms with Gasteiger partial charge in [0, 0.05) is 67.8 Å². The summed E-state index contributed by atoms with van der Waals surface area (Å²) >= 11 is 0. The lowest BCUT2D eigenvalue weighted by molar-refractivity contribution is 0.668. The second-order valence-corrected chi connectivity index (χ2v) is 30.6. The minimum atomic E-state index is 0.845. The van der Waals surface area contributed by atoms with Crippen molar-refractivity contribution in [1.82, 2.24) is 0 Å². The first kappa shape index (κ1) is 71.9. The Kier molecular flexibility index (Phi) is 19.0. The quantitative estimate of drug-likeness (QED) is 0.0756. The van der Waals surface area contributed by atoms with E-state index >= 15 is 0 Å². The third kappa shape index (κ3) is 14.0. The number of rotatable bonds is 19. The first-order valence-corrected chi connectivity index (χ1v) is 41.0. The van der Waals surface area contributed by atoms with Crippen molar-refractivity contribution < 1.29 is 8.83 Å². The lowest BCUT2D eigenvalue weighted by Gasteiger charge is -2.25. The molecule has 0 radical (unpaired) electrons. The van der Waals surface area contributed by atoms with Gasteiger partial charge < -0.3 is 18.6 Å². The minimum absolute atomic E-state index is 0.845. The first-order valence-electron chi connectivity index (χ1n) is 41.0. The van der Waals surface area contributed by atoms with Gasteiger partial charge in [-0.25, -0.2) is 0 Å². The Morgan fingerprint density at radius 1 is 0.158 bits per heavy atom. The largest absolute Gasteiger partial charge is 0.456 e. The highest BCUT2D eigenvalue weighted by Gasteiger charge is 2.26. The van der Waals surface area contributed by atoms with Crippen LogP contribution in [-0.4, -0.2) is 0 Å². The van der Waals surface area contributed by atoms with Crippen LogP contribution in [0.25, 0.3) is 179 Å². The minimum Gasteiger partial charge on any atom is -0.456 e. The summed E-state index contributed by atoms with van der Waals surface area (Å²) in [7, 11) is 0. The fourth-order valence-corrected chi connectivity index (χ4v) is 17.5. The molecule has 0 N–H and O–H groups in total. The molecule has 0 aliphatic rings. The van der Waals surface area contributed by atoms with Crippen LogP contribution >= 0.6 is 0 Å². The molecule has 120 heavy (non-hydrogen) atoms. The van der Waals surface area contributed by atoms with Crippen LogP contribution in [0.15, 0.2) is 458 Å². The maximum Gasteiger partial charge on any atom is 0.137 e. The van der Waals surface area contributed by atoms with Gasteiger partial charge in [-0.1, -0.05) is 352 Å². The van der Waals surface area contributed by atoms with E-state index in [1.165, 1.54) is 49.7 Å². The second kappa shape index (κ2) is 31.7. The molecule has 0 unspecified atom stereocenters. The van der Waals surface area contributed by atoms with E-state index in [-0.39, 0.29) is 0 Å². The smallest absolute Gasteiger partial charge is 0.137 e. The molecule has 21 rings (SSSR count). The number of anilines is 6. The predicted octanol–water partition coefficient (Wildman–Crippen LogP) is 32.9. The van der Waals surface area contributed by atoms with Crippen LogP contribution in [-0.2, 0) is 0 Å². The van der Waals surface area contributed by atoms with Crippen LogP contribution in [0.5, 0.6) is 0 Å². The Morgan fingerprint density at radius 2 is 0.467 bits per heavy atom. The summed E-state index contributed by atoms with van der Waals surface area (Å²) in [6, 6.07) is 162.